The van der Waals surface area contributed by atoms with Gasteiger partial charge in [-0.3, -0.25) is 9.63 Å². The van der Waals surface area contributed by atoms with Crippen LogP contribution in [0, 0.1) is 29.6 Å². The van der Waals surface area contributed by atoms with Crippen LogP contribution in [0.25, 0.3) is 0 Å². The van der Waals surface area contributed by atoms with E-state index in [-0.39, 0.29) is 5.91 Å². The fourth-order valence-electron chi connectivity index (χ4n) is 4.96. The molecule has 0 aromatic carbocycles. The molecule has 1 amide bonds. The Morgan fingerprint density at radius 2 is 1.14 bits per heavy atom. The van der Waals surface area contributed by atoms with E-state index in [1.165, 1.54) is 108 Å². The lowest BCUT2D eigenvalue weighted by molar-refractivity contribution is -0.169. The number of amides is 1. The quantitative estimate of drug-likeness (QED) is 0.378. The lowest BCUT2D eigenvalue weighted by Crippen LogP contribution is -2.27. The Kier molecular flexibility index (Phi) is 12.5. The molecule has 0 spiro atoms. The first kappa shape index (κ1) is 24.3. The Hall–Kier alpha value is -1.01. The number of hydrogen-bond donors (Lipinski definition) is 0. The zero-order chi connectivity index (χ0) is 20.7. The predicted molar refractivity (Wildman–Crippen MR) is 121 cm³/mol. The first-order valence-corrected chi connectivity index (χ1v) is 12.5. The van der Waals surface area contributed by atoms with Gasteiger partial charge in [0.05, 0.1) is 7.11 Å². The smallest absolute Gasteiger partial charge is 0.246 e. The van der Waals surface area contributed by atoms with Gasteiger partial charge in [-0.2, -0.15) is 0 Å². The second kappa shape index (κ2) is 14.9. The van der Waals surface area contributed by atoms with Crippen molar-refractivity contribution in [1.29, 1.82) is 0 Å². The van der Waals surface area contributed by atoms with Gasteiger partial charge < -0.3 is 0 Å². The van der Waals surface area contributed by atoms with Crippen molar-refractivity contribution in [1.82, 2.24) is 5.06 Å². The van der Waals surface area contributed by atoms with E-state index in [0.717, 1.165) is 6.42 Å². The minimum Gasteiger partial charge on any atom is -0.275 e. The summed E-state index contributed by atoms with van der Waals surface area (Å²) >= 11 is 0. The molecule has 0 saturated heterocycles. The third-order valence-corrected chi connectivity index (χ3v) is 7.02. The van der Waals surface area contributed by atoms with Crippen molar-refractivity contribution < 1.29 is 9.63 Å². The number of nitrogens with zero attached hydrogens (tertiary/aromatic N) is 1. The molecule has 29 heavy (non-hydrogen) atoms. The third-order valence-electron chi connectivity index (χ3n) is 7.02. The second-order valence-corrected chi connectivity index (χ2v) is 9.45. The average Bonchev–Trinajstić information content (AvgIpc) is 2.74. The first-order chi connectivity index (χ1) is 14.2. The molecule has 0 aromatic rings. The van der Waals surface area contributed by atoms with Gasteiger partial charge in [-0.15, -0.1) is 0 Å². The molecule has 3 nitrogen and oxygen atoms in total. The monoisotopic (exact) mass is 403 g/mol. The predicted octanol–water partition coefficient (Wildman–Crippen LogP) is 6.91. The van der Waals surface area contributed by atoms with Crippen molar-refractivity contribution in [2.75, 3.05) is 14.2 Å². The van der Waals surface area contributed by atoms with E-state index in [1.54, 1.807) is 14.2 Å². The van der Waals surface area contributed by atoms with E-state index in [1.807, 2.05) is 0 Å². The van der Waals surface area contributed by atoms with Crippen molar-refractivity contribution in [3.05, 3.63) is 0 Å². The Labute approximate surface area is 180 Å². The minimum absolute atomic E-state index is 0.113. The van der Waals surface area contributed by atoms with Crippen LogP contribution in [-0.2, 0) is 9.63 Å². The molecule has 0 heterocycles. The van der Waals surface area contributed by atoms with Gasteiger partial charge in [0.25, 0.3) is 0 Å². The molecule has 2 saturated carbocycles. The number of hydroxylamine groups is 2. The van der Waals surface area contributed by atoms with E-state index in [4.69, 9.17) is 4.84 Å². The lowest BCUT2D eigenvalue weighted by Gasteiger charge is -2.22. The Balaban J connectivity index is 1.83. The van der Waals surface area contributed by atoms with Crippen LogP contribution >= 0.6 is 0 Å². The van der Waals surface area contributed by atoms with Crippen molar-refractivity contribution in [3.63, 3.8) is 0 Å². The number of hydrogen-bond acceptors (Lipinski definition) is 2. The molecule has 0 radical (unpaired) electrons. The third kappa shape index (κ3) is 10.5. The molecule has 2 atom stereocenters. The second-order valence-electron chi connectivity index (χ2n) is 9.45. The van der Waals surface area contributed by atoms with Crippen molar-refractivity contribution in [3.8, 4) is 11.8 Å². The first-order valence-electron chi connectivity index (χ1n) is 12.5. The van der Waals surface area contributed by atoms with Crippen molar-refractivity contribution >= 4 is 5.91 Å². The molecule has 2 fully saturated rings. The van der Waals surface area contributed by atoms with E-state index >= 15 is 0 Å². The Morgan fingerprint density at radius 3 is 1.69 bits per heavy atom. The molecule has 3 heteroatoms. The summed E-state index contributed by atoms with van der Waals surface area (Å²) in [5, 5.41) is 1.38. The summed E-state index contributed by atoms with van der Waals surface area (Å²) in [5.41, 5.74) is 0. The molecule has 0 bridgehead atoms. The summed E-state index contributed by atoms with van der Waals surface area (Å²) in [4.78, 5) is 17.3. The van der Waals surface area contributed by atoms with Gasteiger partial charge >= 0.3 is 0 Å². The summed E-state index contributed by atoms with van der Waals surface area (Å²) in [5.74, 6) is 9.29. The van der Waals surface area contributed by atoms with Crippen molar-refractivity contribution in [2.24, 2.45) is 17.8 Å². The van der Waals surface area contributed by atoms with Crippen LogP contribution in [-0.4, -0.2) is 25.1 Å². The minimum atomic E-state index is 0.113. The summed E-state index contributed by atoms with van der Waals surface area (Å²) in [6.07, 6.45) is 23.0. The van der Waals surface area contributed by atoms with E-state index in [0.29, 0.717) is 24.2 Å². The maximum atomic E-state index is 12.2. The van der Waals surface area contributed by atoms with Crippen LogP contribution in [0.5, 0.6) is 0 Å². The van der Waals surface area contributed by atoms with Crippen LogP contribution in [0.4, 0.5) is 0 Å². The van der Waals surface area contributed by atoms with Gasteiger partial charge in [-0.1, -0.05) is 82.5 Å². The fraction of sp³-hybridized carbons (Fsp3) is 0.885. The molecule has 2 aliphatic carbocycles. The molecule has 0 N–H and O–H groups in total. The molecule has 0 aliphatic heterocycles. The SMILES string of the molecule is CON(C)C(=O)CC1CCCCCC(C#CC2CCCCCCCCC2)CCC1. The van der Waals surface area contributed by atoms with Crippen LogP contribution in [0.15, 0.2) is 0 Å². The van der Waals surface area contributed by atoms with Gasteiger partial charge in [0.15, 0.2) is 0 Å². The highest BCUT2D eigenvalue weighted by molar-refractivity contribution is 5.75. The normalized spacial score (nSPS) is 26.0. The van der Waals surface area contributed by atoms with Crippen LogP contribution < -0.4 is 0 Å². The molecule has 2 unspecified atom stereocenters. The number of carbonyl (C=O) groups excluding carboxylic acids is 1. The maximum Gasteiger partial charge on any atom is 0.246 e. The van der Waals surface area contributed by atoms with Crippen LogP contribution in [0.1, 0.15) is 116 Å². The average molecular weight is 404 g/mol. The topological polar surface area (TPSA) is 29.5 Å². The van der Waals surface area contributed by atoms with Crippen LogP contribution in [0.2, 0.25) is 0 Å². The van der Waals surface area contributed by atoms with E-state index < -0.39 is 0 Å². The van der Waals surface area contributed by atoms with Crippen molar-refractivity contribution in [2.45, 2.75) is 116 Å². The summed E-state index contributed by atoms with van der Waals surface area (Å²) in [6.45, 7) is 0. The molecule has 166 valence electrons. The molecule has 2 aliphatic rings. The number of carbonyl (C=O) groups is 1. The standard InChI is InChI=1S/C26H45NO2/c1-27(29-2)26(28)22-25-17-12-8-11-16-24(18-13-19-25)21-20-23-14-9-6-4-3-5-7-10-15-23/h23-25H,3-19,22H2,1-2H3. The zero-order valence-electron chi connectivity index (χ0n) is 19.2. The van der Waals surface area contributed by atoms with E-state index in [2.05, 4.69) is 11.8 Å². The van der Waals surface area contributed by atoms with E-state index in [9.17, 15) is 4.79 Å². The lowest BCUT2D eigenvalue weighted by atomic mass is 9.86. The highest BCUT2D eigenvalue weighted by Gasteiger charge is 2.19. The highest BCUT2D eigenvalue weighted by Crippen LogP contribution is 2.27. The fourth-order valence-corrected chi connectivity index (χ4v) is 4.96. The zero-order valence-corrected chi connectivity index (χ0v) is 19.2. The summed E-state index contributed by atoms with van der Waals surface area (Å²) < 4.78 is 0. The largest absolute Gasteiger partial charge is 0.275 e. The number of rotatable bonds is 3. The van der Waals surface area contributed by atoms with Gasteiger partial charge in [0.1, 0.15) is 0 Å². The van der Waals surface area contributed by atoms with Gasteiger partial charge in [-0.05, 0) is 44.4 Å². The van der Waals surface area contributed by atoms with Gasteiger partial charge in [0.2, 0.25) is 5.91 Å². The Morgan fingerprint density at radius 1 is 0.724 bits per heavy atom. The molecular weight excluding hydrogens is 358 g/mol. The highest BCUT2D eigenvalue weighted by atomic mass is 16.7. The van der Waals surface area contributed by atoms with Gasteiger partial charge in [-0.25, -0.2) is 5.06 Å². The molecule has 2 rings (SSSR count). The summed E-state index contributed by atoms with van der Waals surface area (Å²) in [7, 11) is 3.28. The molecule has 0 aromatic heterocycles. The molecular formula is C26H45NO2. The van der Waals surface area contributed by atoms with Gasteiger partial charge in [0, 0.05) is 25.3 Å². The maximum absolute atomic E-state index is 12.2. The van der Waals surface area contributed by atoms with Crippen LogP contribution in [0.3, 0.4) is 0 Å². The summed E-state index contributed by atoms with van der Waals surface area (Å²) in [6, 6.07) is 0. The Bertz CT molecular complexity index is 497.